The maximum absolute atomic E-state index is 6.68. The van der Waals surface area contributed by atoms with Gasteiger partial charge in [0.1, 0.15) is 5.75 Å². The number of methoxy groups -OCH3 is 1. The zero-order valence-corrected chi connectivity index (χ0v) is 19.0. The van der Waals surface area contributed by atoms with Gasteiger partial charge in [0.25, 0.3) is 0 Å². The van der Waals surface area contributed by atoms with Crippen LogP contribution >= 0.6 is 0 Å². The summed E-state index contributed by atoms with van der Waals surface area (Å²) in [6.45, 7) is 17.8. The van der Waals surface area contributed by atoms with Crippen molar-refractivity contribution >= 4 is 8.32 Å². The molecule has 148 valence electrons. The zero-order chi connectivity index (χ0) is 19.7. The van der Waals surface area contributed by atoms with Crippen molar-refractivity contribution in [2.45, 2.75) is 71.7 Å². The second-order valence-electron chi connectivity index (χ2n) is 7.86. The van der Waals surface area contributed by atoms with Crippen molar-refractivity contribution in [2.24, 2.45) is 0 Å². The third-order valence-corrected chi connectivity index (χ3v) is 11.4. The normalized spacial score (nSPS) is 13.1. The lowest BCUT2D eigenvalue weighted by atomic mass is 10.2. The third-order valence-electron chi connectivity index (χ3n) is 5.36. The van der Waals surface area contributed by atoms with Crippen LogP contribution in [0.15, 0.2) is 35.9 Å². The minimum absolute atomic E-state index is 0.544. The number of hydrogen-bond donors (Lipinski definition) is 0. The van der Waals surface area contributed by atoms with Crippen LogP contribution in [-0.4, -0.2) is 28.6 Å². The van der Waals surface area contributed by atoms with E-state index in [-0.39, 0.29) is 0 Å². The molecule has 0 heterocycles. The number of allylic oxidation sites excluding steroid dienone is 1. The van der Waals surface area contributed by atoms with E-state index in [2.05, 4.69) is 54.5 Å². The molecule has 0 N–H and O–H groups in total. The molecule has 0 amide bonds. The SMILES string of the molecule is C/C=C(\COCc1ccccc1OC)CO[Si](C(C)C)(C(C)C)C(C)C. The average Bonchev–Trinajstić information content (AvgIpc) is 2.60. The first-order valence-electron chi connectivity index (χ1n) is 9.77. The summed E-state index contributed by atoms with van der Waals surface area (Å²) in [4.78, 5) is 0. The molecule has 0 fully saturated rings. The van der Waals surface area contributed by atoms with Crippen molar-refractivity contribution in [3.05, 3.63) is 41.5 Å². The minimum atomic E-state index is -1.84. The molecule has 4 heteroatoms. The van der Waals surface area contributed by atoms with Crippen LogP contribution < -0.4 is 4.74 Å². The van der Waals surface area contributed by atoms with Crippen LogP contribution in [0.25, 0.3) is 0 Å². The highest BCUT2D eigenvalue weighted by atomic mass is 28.4. The summed E-state index contributed by atoms with van der Waals surface area (Å²) in [5, 5.41) is 0. The first-order chi connectivity index (χ1) is 12.3. The van der Waals surface area contributed by atoms with Gasteiger partial charge in [-0.05, 0) is 35.2 Å². The Morgan fingerprint density at radius 2 is 1.54 bits per heavy atom. The molecule has 0 saturated carbocycles. The van der Waals surface area contributed by atoms with Crippen LogP contribution in [0.2, 0.25) is 16.6 Å². The maximum Gasteiger partial charge on any atom is 0.200 e. The second kappa shape index (κ2) is 10.9. The zero-order valence-electron chi connectivity index (χ0n) is 18.0. The number of benzene rings is 1. The first-order valence-corrected chi connectivity index (χ1v) is 11.9. The highest BCUT2D eigenvalue weighted by molar-refractivity contribution is 6.77. The molecule has 0 spiro atoms. The predicted molar refractivity (Wildman–Crippen MR) is 113 cm³/mol. The smallest absolute Gasteiger partial charge is 0.200 e. The topological polar surface area (TPSA) is 27.7 Å². The van der Waals surface area contributed by atoms with Gasteiger partial charge in [0.05, 0.1) is 26.9 Å². The van der Waals surface area contributed by atoms with Crippen LogP contribution in [0.4, 0.5) is 0 Å². The Labute approximate surface area is 161 Å². The molecule has 0 radical (unpaired) electrons. The fourth-order valence-electron chi connectivity index (χ4n) is 4.04. The molecule has 0 saturated heterocycles. The molecule has 1 aromatic carbocycles. The van der Waals surface area contributed by atoms with Gasteiger partial charge in [-0.2, -0.15) is 0 Å². The Balaban J connectivity index is 2.67. The summed E-state index contributed by atoms with van der Waals surface area (Å²) in [6, 6.07) is 7.99. The number of para-hydroxylation sites is 1. The first kappa shape index (κ1) is 22.9. The molecule has 0 unspecified atom stereocenters. The molecule has 1 rings (SSSR count). The van der Waals surface area contributed by atoms with E-state index in [0.717, 1.165) is 11.3 Å². The Kier molecular flexibility index (Phi) is 9.62. The highest BCUT2D eigenvalue weighted by Gasteiger charge is 2.45. The highest BCUT2D eigenvalue weighted by Crippen LogP contribution is 2.42. The predicted octanol–water partition coefficient (Wildman–Crippen LogP) is 6.35. The van der Waals surface area contributed by atoms with Gasteiger partial charge in [-0.25, -0.2) is 0 Å². The molecule has 3 nitrogen and oxygen atoms in total. The van der Waals surface area contributed by atoms with Gasteiger partial charge >= 0.3 is 0 Å². The van der Waals surface area contributed by atoms with Gasteiger partial charge in [0.15, 0.2) is 0 Å². The lowest BCUT2D eigenvalue weighted by Gasteiger charge is -2.42. The Morgan fingerprint density at radius 1 is 0.962 bits per heavy atom. The molecular formula is C22H38O3Si. The van der Waals surface area contributed by atoms with Gasteiger partial charge in [0.2, 0.25) is 8.32 Å². The van der Waals surface area contributed by atoms with Gasteiger partial charge in [-0.1, -0.05) is 65.8 Å². The molecule has 0 aliphatic heterocycles. The van der Waals surface area contributed by atoms with Crippen molar-refractivity contribution in [1.29, 1.82) is 0 Å². The van der Waals surface area contributed by atoms with Gasteiger partial charge < -0.3 is 13.9 Å². The Hall–Kier alpha value is -1.10. The van der Waals surface area contributed by atoms with E-state index in [1.165, 1.54) is 5.57 Å². The third kappa shape index (κ3) is 5.70. The van der Waals surface area contributed by atoms with Gasteiger partial charge in [-0.3, -0.25) is 0 Å². The van der Waals surface area contributed by atoms with Crippen LogP contribution in [0.5, 0.6) is 5.75 Å². The Bertz CT molecular complexity index is 542. The number of ether oxygens (including phenoxy) is 2. The van der Waals surface area contributed by atoms with E-state index in [1.807, 2.05) is 24.3 Å². The quantitative estimate of drug-likeness (QED) is 0.332. The van der Waals surface area contributed by atoms with Gasteiger partial charge in [0, 0.05) is 5.56 Å². The fourth-order valence-corrected chi connectivity index (χ4v) is 9.48. The minimum Gasteiger partial charge on any atom is -0.496 e. The second-order valence-corrected chi connectivity index (χ2v) is 13.3. The van der Waals surface area contributed by atoms with Gasteiger partial charge in [-0.15, -0.1) is 0 Å². The van der Waals surface area contributed by atoms with Crippen LogP contribution in [0.1, 0.15) is 54.0 Å². The van der Waals surface area contributed by atoms with E-state index < -0.39 is 8.32 Å². The van der Waals surface area contributed by atoms with Crippen LogP contribution in [0, 0.1) is 0 Å². The summed E-state index contributed by atoms with van der Waals surface area (Å²) < 4.78 is 18.0. The van der Waals surface area contributed by atoms with E-state index in [0.29, 0.717) is 36.4 Å². The molecule has 0 aliphatic rings. The van der Waals surface area contributed by atoms with Crippen molar-refractivity contribution in [2.75, 3.05) is 20.3 Å². The number of hydrogen-bond acceptors (Lipinski definition) is 3. The van der Waals surface area contributed by atoms with E-state index >= 15 is 0 Å². The standard InChI is InChI=1S/C22H38O3Si/c1-9-20(14-24-16-21-12-10-11-13-22(21)23-8)15-25-26(17(2)3,18(4)5)19(6)7/h9-13,17-19H,14-16H2,1-8H3/b20-9+. The molecular weight excluding hydrogens is 340 g/mol. The molecule has 0 aromatic heterocycles. The van der Waals surface area contributed by atoms with Crippen LogP contribution in [0.3, 0.4) is 0 Å². The number of rotatable bonds is 11. The van der Waals surface area contributed by atoms with E-state index in [1.54, 1.807) is 7.11 Å². The maximum atomic E-state index is 6.68. The molecule has 1 aromatic rings. The van der Waals surface area contributed by atoms with Crippen molar-refractivity contribution < 1.29 is 13.9 Å². The van der Waals surface area contributed by atoms with Crippen molar-refractivity contribution in [3.63, 3.8) is 0 Å². The largest absolute Gasteiger partial charge is 0.496 e. The molecule has 0 bridgehead atoms. The lowest BCUT2D eigenvalue weighted by Crippen LogP contribution is -2.48. The molecule has 0 aliphatic carbocycles. The molecule has 26 heavy (non-hydrogen) atoms. The van der Waals surface area contributed by atoms with E-state index in [4.69, 9.17) is 13.9 Å². The summed E-state index contributed by atoms with van der Waals surface area (Å²) in [7, 11) is -0.148. The lowest BCUT2D eigenvalue weighted by molar-refractivity contribution is 0.132. The summed E-state index contributed by atoms with van der Waals surface area (Å²) >= 11 is 0. The summed E-state index contributed by atoms with van der Waals surface area (Å²) in [5.41, 5.74) is 4.06. The Morgan fingerprint density at radius 3 is 2.04 bits per heavy atom. The monoisotopic (exact) mass is 378 g/mol. The van der Waals surface area contributed by atoms with Crippen LogP contribution in [-0.2, 0) is 15.8 Å². The summed E-state index contributed by atoms with van der Waals surface area (Å²) in [5.74, 6) is 0.872. The summed E-state index contributed by atoms with van der Waals surface area (Å²) in [6.07, 6.45) is 2.13. The van der Waals surface area contributed by atoms with E-state index in [9.17, 15) is 0 Å². The molecule has 0 atom stereocenters. The van der Waals surface area contributed by atoms with Crippen molar-refractivity contribution in [3.8, 4) is 5.75 Å². The fraction of sp³-hybridized carbons (Fsp3) is 0.636. The average molecular weight is 379 g/mol. The van der Waals surface area contributed by atoms with Crippen molar-refractivity contribution in [1.82, 2.24) is 0 Å².